The molecule has 0 aliphatic carbocycles. The number of hydrogen-bond donors (Lipinski definition) is 0. The van der Waals surface area contributed by atoms with Crippen LogP contribution in [0.25, 0.3) is 43.1 Å². The monoisotopic (exact) mass is 398 g/mol. The summed E-state index contributed by atoms with van der Waals surface area (Å²) in [7, 11) is 6.64. The normalized spacial score (nSPS) is 11.3. The summed E-state index contributed by atoms with van der Waals surface area (Å²) in [5.74, 6) is 2.93. The van der Waals surface area contributed by atoms with Crippen molar-refractivity contribution in [3.63, 3.8) is 0 Å². The first-order chi connectivity index (χ1) is 14.6. The van der Waals surface area contributed by atoms with E-state index < -0.39 is 0 Å². The Hall–Kier alpha value is -3.66. The standard InChI is InChI=1S/C26H22O4/c1-27-23-11-19-7-15-5-17-9-21-13-25(29-3)26(30-4)14-22(21)10-18(17)6-16(15)8-20(19)12-24(23)28-2/h5-14H,1-4H3. The van der Waals surface area contributed by atoms with Crippen molar-refractivity contribution in [2.45, 2.75) is 0 Å². The van der Waals surface area contributed by atoms with E-state index in [1.165, 1.54) is 21.5 Å². The molecule has 5 aromatic rings. The molecule has 0 atom stereocenters. The van der Waals surface area contributed by atoms with Gasteiger partial charge in [0.25, 0.3) is 0 Å². The Kier molecular flexibility index (Phi) is 4.28. The summed E-state index contributed by atoms with van der Waals surface area (Å²) >= 11 is 0. The van der Waals surface area contributed by atoms with Crippen molar-refractivity contribution in [2.75, 3.05) is 28.4 Å². The average Bonchev–Trinajstić information content (AvgIpc) is 2.78. The molecule has 0 amide bonds. The third-order valence-electron chi connectivity index (χ3n) is 5.71. The van der Waals surface area contributed by atoms with Crippen molar-refractivity contribution < 1.29 is 18.9 Å². The molecule has 5 rings (SSSR count). The highest BCUT2D eigenvalue weighted by Gasteiger charge is 2.10. The molecule has 0 radical (unpaired) electrons. The highest BCUT2D eigenvalue weighted by atomic mass is 16.5. The van der Waals surface area contributed by atoms with Crippen LogP contribution in [-0.4, -0.2) is 28.4 Å². The number of rotatable bonds is 4. The largest absolute Gasteiger partial charge is 0.493 e. The molecular formula is C26H22O4. The fourth-order valence-electron chi connectivity index (χ4n) is 4.16. The third kappa shape index (κ3) is 2.84. The Labute approximate surface area is 174 Å². The molecule has 5 aromatic carbocycles. The maximum Gasteiger partial charge on any atom is 0.161 e. The molecule has 0 N–H and O–H groups in total. The maximum atomic E-state index is 5.47. The third-order valence-corrected chi connectivity index (χ3v) is 5.71. The summed E-state index contributed by atoms with van der Waals surface area (Å²) in [6.07, 6.45) is 0. The van der Waals surface area contributed by atoms with Gasteiger partial charge < -0.3 is 18.9 Å². The van der Waals surface area contributed by atoms with Crippen LogP contribution in [0.3, 0.4) is 0 Å². The van der Waals surface area contributed by atoms with Gasteiger partial charge in [0.1, 0.15) is 0 Å². The highest BCUT2D eigenvalue weighted by Crippen LogP contribution is 2.37. The van der Waals surface area contributed by atoms with Gasteiger partial charge in [0.15, 0.2) is 23.0 Å². The van der Waals surface area contributed by atoms with Crippen LogP contribution in [0.5, 0.6) is 23.0 Å². The van der Waals surface area contributed by atoms with Crippen molar-refractivity contribution in [1.29, 1.82) is 0 Å². The lowest BCUT2D eigenvalue weighted by molar-refractivity contribution is 0.356. The van der Waals surface area contributed by atoms with Gasteiger partial charge in [0.05, 0.1) is 28.4 Å². The zero-order valence-corrected chi connectivity index (χ0v) is 17.4. The van der Waals surface area contributed by atoms with Crippen LogP contribution in [0.2, 0.25) is 0 Å². The van der Waals surface area contributed by atoms with Gasteiger partial charge in [0.2, 0.25) is 0 Å². The summed E-state index contributed by atoms with van der Waals surface area (Å²) in [6, 6.07) is 21.4. The predicted octanol–water partition coefficient (Wildman–Crippen LogP) is 6.33. The zero-order chi connectivity index (χ0) is 20.8. The minimum atomic E-state index is 0.733. The molecule has 4 heteroatoms. The van der Waals surface area contributed by atoms with Crippen molar-refractivity contribution >= 4 is 43.1 Å². The van der Waals surface area contributed by atoms with E-state index in [1.54, 1.807) is 28.4 Å². The molecule has 0 bridgehead atoms. The fraction of sp³-hybridized carbons (Fsp3) is 0.154. The minimum absolute atomic E-state index is 0.733. The van der Waals surface area contributed by atoms with Gasteiger partial charge in [-0.2, -0.15) is 0 Å². The molecule has 0 saturated heterocycles. The van der Waals surface area contributed by atoms with Crippen LogP contribution >= 0.6 is 0 Å². The molecule has 0 fully saturated rings. The van der Waals surface area contributed by atoms with Crippen LogP contribution in [0.4, 0.5) is 0 Å². The van der Waals surface area contributed by atoms with E-state index in [0.717, 1.165) is 44.5 Å². The molecule has 0 spiro atoms. The molecule has 4 nitrogen and oxygen atoms in total. The summed E-state index contributed by atoms with van der Waals surface area (Å²) in [4.78, 5) is 0. The van der Waals surface area contributed by atoms with Gasteiger partial charge in [-0.3, -0.25) is 0 Å². The quantitative estimate of drug-likeness (QED) is 0.331. The van der Waals surface area contributed by atoms with E-state index in [4.69, 9.17) is 18.9 Å². The van der Waals surface area contributed by atoms with Crippen LogP contribution in [0.15, 0.2) is 60.7 Å². The lowest BCUT2D eigenvalue weighted by Crippen LogP contribution is -1.91. The number of benzene rings is 5. The van der Waals surface area contributed by atoms with Gasteiger partial charge in [0, 0.05) is 0 Å². The topological polar surface area (TPSA) is 36.9 Å². The first-order valence-electron chi connectivity index (χ1n) is 9.72. The number of methoxy groups -OCH3 is 4. The molecule has 0 aliphatic rings. The van der Waals surface area contributed by atoms with E-state index in [9.17, 15) is 0 Å². The maximum absolute atomic E-state index is 5.47. The lowest BCUT2D eigenvalue weighted by atomic mass is 9.97. The van der Waals surface area contributed by atoms with Crippen molar-refractivity contribution in [3.8, 4) is 23.0 Å². The number of ether oxygens (including phenoxy) is 4. The second-order valence-electron chi connectivity index (χ2n) is 7.36. The minimum Gasteiger partial charge on any atom is -0.493 e. The summed E-state index contributed by atoms with van der Waals surface area (Å²) in [5.41, 5.74) is 0. The van der Waals surface area contributed by atoms with Gasteiger partial charge in [-0.1, -0.05) is 0 Å². The lowest BCUT2D eigenvalue weighted by Gasteiger charge is -2.12. The number of hydrogen-bond acceptors (Lipinski definition) is 4. The number of fused-ring (bicyclic) bond motifs is 4. The molecule has 0 aromatic heterocycles. The smallest absolute Gasteiger partial charge is 0.161 e. The van der Waals surface area contributed by atoms with Gasteiger partial charge in [-0.05, 0) is 104 Å². The fourth-order valence-corrected chi connectivity index (χ4v) is 4.16. The first kappa shape index (κ1) is 18.4. The summed E-state index contributed by atoms with van der Waals surface area (Å²) < 4.78 is 21.9. The second kappa shape index (κ2) is 6.99. The molecule has 0 aliphatic heterocycles. The summed E-state index contributed by atoms with van der Waals surface area (Å²) in [6.45, 7) is 0. The van der Waals surface area contributed by atoms with E-state index in [0.29, 0.717) is 0 Å². The van der Waals surface area contributed by atoms with Crippen LogP contribution in [-0.2, 0) is 0 Å². The average molecular weight is 398 g/mol. The van der Waals surface area contributed by atoms with Gasteiger partial charge >= 0.3 is 0 Å². The Balaban J connectivity index is 1.78. The molecule has 30 heavy (non-hydrogen) atoms. The molecule has 0 saturated carbocycles. The van der Waals surface area contributed by atoms with E-state index in [-0.39, 0.29) is 0 Å². The van der Waals surface area contributed by atoms with Crippen LogP contribution in [0, 0.1) is 0 Å². The SMILES string of the molecule is COc1cc2cc3cc4cc5cc(OC)c(OC)cc5cc4cc3cc2cc1OC. The van der Waals surface area contributed by atoms with Gasteiger partial charge in [-0.25, -0.2) is 0 Å². The molecular weight excluding hydrogens is 376 g/mol. The molecule has 0 unspecified atom stereocenters. The van der Waals surface area contributed by atoms with Crippen LogP contribution < -0.4 is 18.9 Å². The van der Waals surface area contributed by atoms with E-state index >= 15 is 0 Å². The molecule has 0 heterocycles. The predicted molar refractivity (Wildman–Crippen MR) is 123 cm³/mol. The Morgan fingerprint density at radius 1 is 0.300 bits per heavy atom. The second-order valence-corrected chi connectivity index (χ2v) is 7.36. The van der Waals surface area contributed by atoms with Crippen molar-refractivity contribution in [3.05, 3.63) is 60.7 Å². The Morgan fingerprint density at radius 2 is 0.467 bits per heavy atom. The first-order valence-corrected chi connectivity index (χ1v) is 9.72. The Bertz CT molecular complexity index is 1220. The van der Waals surface area contributed by atoms with Crippen LogP contribution in [0.1, 0.15) is 0 Å². The molecule has 150 valence electrons. The van der Waals surface area contributed by atoms with Gasteiger partial charge in [-0.15, -0.1) is 0 Å². The Morgan fingerprint density at radius 3 is 0.633 bits per heavy atom. The van der Waals surface area contributed by atoms with E-state index in [1.807, 2.05) is 24.3 Å². The highest BCUT2D eigenvalue weighted by molar-refractivity contribution is 6.08. The van der Waals surface area contributed by atoms with E-state index in [2.05, 4.69) is 36.4 Å². The zero-order valence-electron chi connectivity index (χ0n) is 17.4. The van der Waals surface area contributed by atoms with Crippen molar-refractivity contribution in [1.82, 2.24) is 0 Å². The van der Waals surface area contributed by atoms with Crippen molar-refractivity contribution in [2.24, 2.45) is 0 Å². The summed E-state index contributed by atoms with van der Waals surface area (Å²) in [5, 5.41) is 9.20.